The SMILES string of the molecule is CC(C)NCCNc1nc2ccccc2c2nnc(-c3ccccc3[N+](=O)[O-])n12. The lowest BCUT2D eigenvalue weighted by molar-refractivity contribution is -0.384. The molecule has 2 N–H and O–H groups in total. The van der Waals surface area contributed by atoms with Gasteiger partial charge >= 0.3 is 0 Å². The third-order valence-electron chi connectivity index (χ3n) is 4.55. The normalized spacial score (nSPS) is 11.4. The van der Waals surface area contributed by atoms with Crippen molar-refractivity contribution in [2.24, 2.45) is 0 Å². The van der Waals surface area contributed by atoms with Crippen molar-refractivity contribution in [2.75, 3.05) is 18.4 Å². The maximum atomic E-state index is 11.5. The Kier molecular flexibility index (Phi) is 5.05. The van der Waals surface area contributed by atoms with Crippen LogP contribution in [0.2, 0.25) is 0 Å². The molecule has 0 bridgehead atoms. The van der Waals surface area contributed by atoms with Crippen LogP contribution in [0.25, 0.3) is 27.9 Å². The van der Waals surface area contributed by atoms with E-state index in [-0.39, 0.29) is 5.69 Å². The van der Waals surface area contributed by atoms with Crippen LogP contribution in [0.1, 0.15) is 13.8 Å². The summed E-state index contributed by atoms with van der Waals surface area (Å²) in [7, 11) is 0. The topological polar surface area (TPSA) is 110 Å². The monoisotopic (exact) mass is 391 g/mol. The molecule has 0 amide bonds. The van der Waals surface area contributed by atoms with Crippen molar-refractivity contribution < 1.29 is 4.92 Å². The van der Waals surface area contributed by atoms with Gasteiger partial charge in [0.05, 0.1) is 16.0 Å². The Bertz CT molecular complexity index is 1190. The van der Waals surface area contributed by atoms with Crippen molar-refractivity contribution in [1.29, 1.82) is 0 Å². The van der Waals surface area contributed by atoms with Crippen LogP contribution in [0.3, 0.4) is 0 Å². The maximum absolute atomic E-state index is 11.5. The molecule has 29 heavy (non-hydrogen) atoms. The Balaban J connectivity index is 1.88. The molecule has 9 heteroatoms. The third kappa shape index (κ3) is 3.59. The number of nitrogens with one attached hydrogen (secondary N) is 2. The summed E-state index contributed by atoms with van der Waals surface area (Å²) >= 11 is 0. The summed E-state index contributed by atoms with van der Waals surface area (Å²) in [4.78, 5) is 15.8. The van der Waals surface area contributed by atoms with Crippen molar-refractivity contribution >= 4 is 28.2 Å². The number of anilines is 1. The molecule has 0 fully saturated rings. The predicted octanol–water partition coefficient (Wildman–Crippen LogP) is 3.26. The summed E-state index contributed by atoms with van der Waals surface area (Å²) in [5, 5.41) is 27.7. The first-order valence-electron chi connectivity index (χ1n) is 9.41. The molecule has 9 nitrogen and oxygen atoms in total. The summed E-state index contributed by atoms with van der Waals surface area (Å²) in [6.45, 7) is 5.54. The number of benzene rings is 2. The van der Waals surface area contributed by atoms with Gasteiger partial charge < -0.3 is 10.6 Å². The van der Waals surface area contributed by atoms with E-state index in [1.54, 1.807) is 22.6 Å². The Morgan fingerprint density at radius 1 is 1.07 bits per heavy atom. The van der Waals surface area contributed by atoms with Gasteiger partial charge in [-0.3, -0.25) is 10.1 Å². The average molecular weight is 391 g/mol. The van der Waals surface area contributed by atoms with Gasteiger partial charge in [0.2, 0.25) is 5.95 Å². The molecule has 0 unspecified atom stereocenters. The minimum atomic E-state index is -0.412. The van der Waals surface area contributed by atoms with Crippen LogP contribution in [-0.2, 0) is 0 Å². The van der Waals surface area contributed by atoms with E-state index < -0.39 is 4.92 Å². The second-order valence-corrected chi connectivity index (χ2v) is 6.95. The number of nitro benzene ring substituents is 1. The van der Waals surface area contributed by atoms with Gasteiger partial charge in [-0.15, -0.1) is 10.2 Å². The lowest BCUT2D eigenvalue weighted by Crippen LogP contribution is -2.28. The van der Waals surface area contributed by atoms with Crippen LogP contribution in [-0.4, -0.2) is 43.6 Å². The highest BCUT2D eigenvalue weighted by Gasteiger charge is 2.22. The number of para-hydroxylation sites is 2. The molecule has 0 saturated heterocycles. The largest absolute Gasteiger partial charge is 0.354 e. The molecule has 2 aromatic carbocycles. The third-order valence-corrected chi connectivity index (χ3v) is 4.55. The molecule has 0 radical (unpaired) electrons. The van der Waals surface area contributed by atoms with E-state index >= 15 is 0 Å². The van der Waals surface area contributed by atoms with Crippen LogP contribution in [0, 0.1) is 10.1 Å². The molecular weight excluding hydrogens is 370 g/mol. The predicted molar refractivity (Wildman–Crippen MR) is 112 cm³/mol. The summed E-state index contributed by atoms with van der Waals surface area (Å²) in [6, 6.07) is 14.5. The minimum absolute atomic E-state index is 0.0256. The van der Waals surface area contributed by atoms with Gasteiger partial charge in [0, 0.05) is 30.6 Å². The van der Waals surface area contributed by atoms with Crippen molar-refractivity contribution in [2.45, 2.75) is 19.9 Å². The van der Waals surface area contributed by atoms with Crippen molar-refractivity contribution in [1.82, 2.24) is 24.9 Å². The van der Waals surface area contributed by atoms with E-state index in [1.165, 1.54) is 6.07 Å². The van der Waals surface area contributed by atoms with Gasteiger partial charge in [0.15, 0.2) is 11.5 Å². The van der Waals surface area contributed by atoms with Crippen molar-refractivity contribution in [3.8, 4) is 11.4 Å². The minimum Gasteiger partial charge on any atom is -0.354 e. The Morgan fingerprint density at radius 3 is 2.62 bits per heavy atom. The Morgan fingerprint density at radius 2 is 1.83 bits per heavy atom. The number of nitro groups is 1. The zero-order valence-electron chi connectivity index (χ0n) is 16.2. The smallest absolute Gasteiger partial charge is 0.280 e. The summed E-state index contributed by atoms with van der Waals surface area (Å²) in [5.74, 6) is 0.923. The van der Waals surface area contributed by atoms with E-state index in [4.69, 9.17) is 4.98 Å². The number of rotatable bonds is 7. The highest BCUT2D eigenvalue weighted by molar-refractivity contribution is 5.93. The summed E-state index contributed by atoms with van der Waals surface area (Å²) in [6.07, 6.45) is 0. The molecule has 0 saturated carbocycles. The highest BCUT2D eigenvalue weighted by atomic mass is 16.6. The van der Waals surface area contributed by atoms with Crippen LogP contribution in [0.15, 0.2) is 48.5 Å². The first-order chi connectivity index (χ1) is 14.1. The van der Waals surface area contributed by atoms with Gasteiger partial charge in [0.1, 0.15) is 0 Å². The zero-order valence-corrected chi connectivity index (χ0v) is 16.2. The fourth-order valence-corrected chi connectivity index (χ4v) is 3.23. The van der Waals surface area contributed by atoms with Gasteiger partial charge in [0.25, 0.3) is 5.69 Å². The van der Waals surface area contributed by atoms with Crippen LogP contribution < -0.4 is 10.6 Å². The Hall–Kier alpha value is -3.59. The highest BCUT2D eigenvalue weighted by Crippen LogP contribution is 2.31. The molecule has 4 aromatic rings. The molecule has 0 atom stereocenters. The second-order valence-electron chi connectivity index (χ2n) is 6.95. The molecule has 148 valence electrons. The first-order valence-corrected chi connectivity index (χ1v) is 9.41. The Labute approximate surface area is 166 Å². The molecule has 2 heterocycles. The summed E-state index contributed by atoms with van der Waals surface area (Å²) < 4.78 is 1.75. The second kappa shape index (κ2) is 7.80. The van der Waals surface area contributed by atoms with Crippen molar-refractivity contribution in [3.63, 3.8) is 0 Å². The summed E-state index contributed by atoms with van der Waals surface area (Å²) in [5.41, 5.74) is 1.75. The van der Waals surface area contributed by atoms with Crippen LogP contribution >= 0.6 is 0 Å². The van der Waals surface area contributed by atoms with E-state index in [2.05, 4.69) is 34.7 Å². The quantitative estimate of drug-likeness (QED) is 0.283. The van der Waals surface area contributed by atoms with Gasteiger partial charge in [-0.1, -0.05) is 38.1 Å². The maximum Gasteiger partial charge on any atom is 0.280 e. The molecule has 0 spiro atoms. The number of fused-ring (bicyclic) bond motifs is 3. The standard InChI is InChI=1S/C20H21N7O2/c1-13(2)21-11-12-22-20-23-16-9-5-3-7-14(16)18-24-25-19(26(18)20)15-8-4-6-10-17(15)27(28)29/h3-10,13,21H,11-12H2,1-2H3,(H,22,23). The fourth-order valence-electron chi connectivity index (χ4n) is 3.23. The molecular formula is C20H21N7O2. The van der Waals surface area contributed by atoms with E-state index in [1.807, 2.05) is 24.3 Å². The van der Waals surface area contributed by atoms with Gasteiger partial charge in [-0.25, -0.2) is 9.38 Å². The number of aromatic nitrogens is 4. The molecule has 0 aliphatic rings. The van der Waals surface area contributed by atoms with E-state index in [9.17, 15) is 10.1 Å². The molecule has 0 aliphatic carbocycles. The van der Waals surface area contributed by atoms with E-state index in [0.717, 1.165) is 17.4 Å². The molecule has 0 aliphatic heterocycles. The van der Waals surface area contributed by atoms with Crippen LogP contribution in [0.5, 0.6) is 0 Å². The average Bonchev–Trinajstić information content (AvgIpc) is 3.16. The van der Waals surface area contributed by atoms with E-state index in [0.29, 0.717) is 35.6 Å². The fraction of sp³-hybridized carbons (Fsp3) is 0.250. The van der Waals surface area contributed by atoms with Gasteiger partial charge in [-0.2, -0.15) is 0 Å². The number of nitrogens with zero attached hydrogens (tertiary/aromatic N) is 5. The molecule has 4 rings (SSSR count). The zero-order chi connectivity index (χ0) is 20.4. The number of hydrogen-bond acceptors (Lipinski definition) is 7. The lowest BCUT2D eigenvalue weighted by Gasteiger charge is -2.13. The molecule has 2 aromatic heterocycles. The van der Waals surface area contributed by atoms with Crippen LogP contribution in [0.4, 0.5) is 11.6 Å². The first kappa shape index (κ1) is 18.8. The number of hydrogen-bond donors (Lipinski definition) is 2. The van der Waals surface area contributed by atoms with Gasteiger partial charge in [-0.05, 0) is 18.2 Å². The lowest BCUT2D eigenvalue weighted by atomic mass is 10.1. The van der Waals surface area contributed by atoms with Crippen molar-refractivity contribution in [3.05, 3.63) is 58.6 Å².